The molecule has 0 spiro atoms. The van der Waals surface area contributed by atoms with Gasteiger partial charge in [-0.1, -0.05) is 6.92 Å². The Bertz CT molecular complexity index is 853. The summed E-state index contributed by atoms with van der Waals surface area (Å²) in [6.45, 7) is 4.65. The van der Waals surface area contributed by atoms with E-state index in [1.54, 1.807) is 37.8 Å². The van der Waals surface area contributed by atoms with Gasteiger partial charge in [0, 0.05) is 12.7 Å². The Morgan fingerprint density at radius 3 is 3.12 bits per heavy atom. The summed E-state index contributed by atoms with van der Waals surface area (Å²) in [5.74, 6) is 1.49. The maximum absolute atomic E-state index is 12.8. The van der Waals surface area contributed by atoms with Crippen LogP contribution in [-0.2, 0) is 0 Å². The number of anilines is 1. The second-order valence-electron chi connectivity index (χ2n) is 5.82. The lowest BCUT2D eigenvalue weighted by Crippen LogP contribution is -2.31. The van der Waals surface area contributed by atoms with Gasteiger partial charge in [-0.15, -0.1) is 0 Å². The van der Waals surface area contributed by atoms with Gasteiger partial charge in [0.15, 0.2) is 0 Å². The summed E-state index contributed by atoms with van der Waals surface area (Å²) in [5, 5.41) is 2.85. The van der Waals surface area contributed by atoms with Crippen molar-refractivity contribution in [1.82, 2.24) is 9.88 Å². The highest BCUT2D eigenvalue weighted by atomic mass is 16.4. The van der Waals surface area contributed by atoms with Gasteiger partial charge in [-0.25, -0.2) is 4.99 Å². The molecule has 1 atom stereocenters. The minimum atomic E-state index is -0.245. The highest BCUT2D eigenvalue weighted by Crippen LogP contribution is 2.35. The number of carbonyl (C=O) groups excluding carboxylic acids is 1. The van der Waals surface area contributed by atoms with Crippen molar-refractivity contribution < 1.29 is 9.21 Å². The fourth-order valence-electron chi connectivity index (χ4n) is 2.99. The number of hydrogen-bond acceptors (Lipinski definition) is 6. The molecular formula is C17H17N5O2. The summed E-state index contributed by atoms with van der Waals surface area (Å²) in [7, 11) is 0. The van der Waals surface area contributed by atoms with Crippen molar-refractivity contribution in [1.29, 1.82) is 0 Å². The summed E-state index contributed by atoms with van der Waals surface area (Å²) >= 11 is 0. The Hall–Kier alpha value is -2.96. The summed E-state index contributed by atoms with van der Waals surface area (Å²) in [5.41, 5.74) is 1.78. The number of carbonyl (C=O) groups is 1. The van der Waals surface area contributed by atoms with Crippen LogP contribution in [0.5, 0.6) is 0 Å². The molecule has 0 saturated heterocycles. The lowest BCUT2D eigenvalue weighted by atomic mass is 10.1. The number of pyridine rings is 1. The summed E-state index contributed by atoms with van der Waals surface area (Å²) in [6.07, 6.45) is 5.93. The molecule has 24 heavy (non-hydrogen) atoms. The van der Waals surface area contributed by atoms with Crippen LogP contribution in [0.4, 0.5) is 11.6 Å². The van der Waals surface area contributed by atoms with Gasteiger partial charge in [-0.2, -0.15) is 0 Å². The Balaban J connectivity index is 1.74. The van der Waals surface area contributed by atoms with Gasteiger partial charge in [-0.3, -0.25) is 14.8 Å². The Labute approximate surface area is 139 Å². The predicted octanol–water partition coefficient (Wildman–Crippen LogP) is 2.75. The van der Waals surface area contributed by atoms with Gasteiger partial charge in [0.05, 0.1) is 29.1 Å². The van der Waals surface area contributed by atoms with Gasteiger partial charge in [0.1, 0.15) is 17.9 Å². The number of nitrogens with zero attached hydrogens (tertiary/aromatic N) is 4. The zero-order valence-electron chi connectivity index (χ0n) is 13.5. The van der Waals surface area contributed by atoms with Crippen molar-refractivity contribution in [2.75, 3.05) is 11.9 Å². The van der Waals surface area contributed by atoms with Crippen LogP contribution in [0.15, 0.2) is 38.9 Å². The first kappa shape index (κ1) is 14.6. The molecule has 2 aromatic heterocycles. The van der Waals surface area contributed by atoms with E-state index in [0.29, 0.717) is 28.5 Å². The number of aromatic nitrogens is 1. The number of amidine groups is 1. The van der Waals surface area contributed by atoms with Gasteiger partial charge in [0.2, 0.25) is 5.88 Å². The van der Waals surface area contributed by atoms with E-state index in [1.165, 1.54) is 0 Å². The molecule has 2 aromatic rings. The highest BCUT2D eigenvalue weighted by Gasteiger charge is 2.35. The van der Waals surface area contributed by atoms with Crippen molar-refractivity contribution in [2.45, 2.75) is 26.3 Å². The number of furan rings is 1. The molecule has 0 aromatic carbocycles. The Kier molecular flexibility index (Phi) is 3.41. The van der Waals surface area contributed by atoms with Crippen molar-refractivity contribution in [3.05, 3.63) is 41.4 Å². The maximum Gasteiger partial charge on any atom is 0.260 e. The molecule has 7 nitrogen and oxygen atoms in total. The number of aryl methyl sites for hydroxylation is 1. The lowest BCUT2D eigenvalue weighted by molar-refractivity contribution is 0.102. The SMILES string of the molecule is CCC1CN2C=Nc3oc(C)c(C(=O)Nc4cccnc4)c3C2=N1. The highest BCUT2D eigenvalue weighted by molar-refractivity contribution is 6.19. The molecule has 4 heterocycles. The molecule has 1 N–H and O–H groups in total. The largest absolute Gasteiger partial charge is 0.442 e. The van der Waals surface area contributed by atoms with Crippen LogP contribution in [0.2, 0.25) is 0 Å². The maximum atomic E-state index is 12.8. The number of fused-ring (bicyclic) bond motifs is 3. The topological polar surface area (TPSA) is 83.1 Å². The molecule has 2 aliphatic rings. The molecular weight excluding hydrogens is 306 g/mol. The van der Waals surface area contributed by atoms with Crippen molar-refractivity contribution >= 4 is 29.7 Å². The second kappa shape index (κ2) is 5.59. The van der Waals surface area contributed by atoms with Gasteiger partial charge >= 0.3 is 0 Å². The standard InChI is InChI=1S/C17H17N5O2/c1-3-11-8-22-9-19-17-14(15(22)20-11)13(10(2)24-17)16(23)21-12-5-4-6-18-7-12/h4-7,9,11H,3,8H2,1-2H3,(H,21,23). The van der Waals surface area contributed by atoms with E-state index in [2.05, 4.69) is 22.2 Å². The van der Waals surface area contributed by atoms with Gasteiger partial charge in [0.25, 0.3) is 5.91 Å². The number of rotatable bonds is 3. The zero-order chi connectivity index (χ0) is 16.7. The van der Waals surface area contributed by atoms with Crippen molar-refractivity contribution in [3.8, 4) is 0 Å². The quantitative estimate of drug-likeness (QED) is 0.941. The van der Waals surface area contributed by atoms with Crippen LogP contribution in [0.1, 0.15) is 35.0 Å². The summed E-state index contributed by atoms with van der Waals surface area (Å²) in [6, 6.07) is 3.77. The normalized spacial score (nSPS) is 18.2. The molecule has 0 bridgehead atoms. The monoisotopic (exact) mass is 323 g/mol. The smallest absolute Gasteiger partial charge is 0.260 e. The van der Waals surface area contributed by atoms with Crippen molar-refractivity contribution in [2.24, 2.45) is 9.98 Å². The molecule has 0 aliphatic carbocycles. The summed E-state index contributed by atoms with van der Waals surface area (Å²) in [4.78, 5) is 27.8. The average molecular weight is 323 g/mol. The van der Waals surface area contributed by atoms with E-state index in [4.69, 9.17) is 9.41 Å². The van der Waals surface area contributed by atoms with E-state index in [0.717, 1.165) is 18.8 Å². The van der Waals surface area contributed by atoms with Crippen LogP contribution in [0.3, 0.4) is 0 Å². The molecule has 1 amide bonds. The third-order valence-corrected chi connectivity index (χ3v) is 4.21. The van der Waals surface area contributed by atoms with E-state index in [-0.39, 0.29) is 11.9 Å². The zero-order valence-corrected chi connectivity index (χ0v) is 13.5. The first-order chi connectivity index (χ1) is 11.7. The van der Waals surface area contributed by atoms with Crippen LogP contribution < -0.4 is 5.32 Å². The predicted molar refractivity (Wildman–Crippen MR) is 91.1 cm³/mol. The fourth-order valence-corrected chi connectivity index (χ4v) is 2.99. The second-order valence-corrected chi connectivity index (χ2v) is 5.82. The molecule has 0 radical (unpaired) electrons. The number of hydrogen-bond donors (Lipinski definition) is 1. The van der Waals surface area contributed by atoms with Crippen LogP contribution in [0.25, 0.3) is 0 Å². The van der Waals surface area contributed by atoms with E-state index in [9.17, 15) is 4.79 Å². The number of amides is 1. The summed E-state index contributed by atoms with van der Waals surface area (Å²) < 4.78 is 5.69. The lowest BCUT2D eigenvalue weighted by Gasteiger charge is -2.18. The fraction of sp³-hybridized carbons (Fsp3) is 0.294. The first-order valence-electron chi connectivity index (χ1n) is 7.91. The average Bonchev–Trinajstić information content (AvgIpc) is 3.15. The molecule has 1 unspecified atom stereocenters. The Morgan fingerprint density at radius 2 is 2.38 bits per heavy atom. The van der Waals surface area contributed by atoms with Gasteiger partial charge < -0.3 is 14.6 Å². The van der Waals surface area contributed by atoms with Crippen LogP contribution in [-0.4, -0.2) is 40.6 Å². The number of aliphatic imine (C=N–C) groups is 2. The van der Waals surface area contributed by atoms with E-state index >= 15 is 0 Å². The van der Waals surface area contributed by atoms with Crippen LogP contribution in [0, 0.1) is 6.92 Å². The molecule has 7 heteroatoms. The third kappa shape index (κ3) is 2.29. The molecule has 4 rings (SSSR count). The van der Waals surface area contributed by atoms with Crippen molar-refractivity contribution in [3.63, 3.8) is 0 Å². The third-order valence-electron chi connectivity index (χ3n) is 4.21. The molecule has 0 fully saturated rings. The minimum Gasteiger partial charge on any atom is -0.442 e. The molecule has 122 valence electrons. The van der Waals surface area contributed by atoms with Gasteiger partial charge in [-0.05, 0) is 25.5 Å². The molecule has 0 saturated carbocycles. The number of nitrogens with one attached hydrogen (secondary N) is 1. The first-order valence-corrected chi connectivity index (χ1v) is 7.91. The van der Waals surface area contributed by atoms with Crippen LogP contribution >= 0.6 is 0 Å². The molecule has 2 aliphatic heterocycles. The van der Waals surface area contributed by atoms with E-state index in [1.807, 2.05) is 4.90 Å². The minimum absolute atomic E-state index is 0.210. The van der Waals surface area contributed by atoms with E-state index < -0.39 is 0 Å². The Morgan fingerprint density at radius 1 is 1.50 bits per heavy atom.